The first-order valence-corrected chi connectivity index (χ1v) is 7.17. The number of rotatable bonds is 3. The molecular weight excluding hydrogens is 337 g/mol. The standard InChI is InChI=1S/C12H9Cl2N3O3S/c1-5-8(11(19)20-2)21-12(16-5)17-10(18)6-3-7(13)9(14)15-4-6/h3-4H,1-2H3,(H,16,17,18). The molecule has 0 bridgehead atoms. The zero-order chi connectivity index (χ0) is 15.6. The number of ether oxygens (including phenoxy) is 1. The Morgan fingerprint density at radius 2 is 2.10 bits per heavy atom. The topological polar surface area (TPSA) is 81.2 Å². The van der Waals surface area contributed by atoms with Gasteiger partial charge in [-0.15, -0.1) is 0 Å². The lowest BCUT2D eigenvalue weighted by atomic mass is 10.3. The van der Waals surface area contributed by atoms with Crippen molar-refractivity contribution in [3.8, 4) is 0 Å². The predicted octanol–water partition coefficient (Wildman–Crippen LogP) is 3.19. The Bertz CT molecular complexity index is 718. The van der Waals surface area contributed by atoms with Crippen molar-refractivity contribution >= 4 is 51.5 Å². The van der Waals surface area contributed by atoms with Crippen LogP contribution in [0.5, 0.6) is 0 Å². The molecule has 21 heavy (non-hydrogen) atoms. The molecule has 0 fully saturated rings. The highest BCUT2D eigenvalue weighted by molar-refractivity contribution is 7.17. The van der Waals surface area contributed by atoms with E-state index in [0.29, 0.717) is 10.6 Å². The number of carbonyl (C=O) groups excluding carboxylic acids is 2. The monoisotopic (exact) mass is 345 g/mol. The second-order valence-electron chi connectivity index (χ2n) is 3.88. The minimum absolute atomic E-state index is 0.117. The number of hydrogen-bond acceptors (Lipinski definition) is 6. The average Bonchev–Trinajstić information content (AvgIpc) is 2.81. The van der Waals surface area contributed by atoms with Gasteiger partial charge < -0.3 is 4.74 Å². The molecule has 0 aliphatic heterocycles. The van der Waals surface area contributed by atoms with Crippen molar-refractivity contribution in [1.29, 1.82) is 0 Å². The number of halogens is 2. The quantitative estimate of drug-likeness (QED) is 0.682. The first-order valence-electron chi connectivity index (χ1n) is 5.60. The lowest BCUT2D eigenvalue weighted by Crippen LogP contribution is -2.12. The maximum absolute atomic E-state index is 12.0. The number of amides is 1. The third kappa shape index (κ3) is 3.49. The predicted molar refractivity (Wildman–Crippen MR) is 80.4 cm³/mol. The summed E-state index contributed by atoms with van der Waals surface area (Å²) in [6, 6.07) is 1.40. The molecule has 0 aliphatic carbocycles. The number of carbonyl (C=O) groups is 2. The molecule has 0 unspecified atom stereocenters. The smallest absolute Gasteiger partial charge is 0.350 e. The van der Waals surface area contributed by atoms with Gasteiger partial charge in [0.05, 0.1) is 23.4 Å². The third-order valence-electron chi connectivity index (χ3n) is 2.45. The van der Waals surface area contributed by atoms with Gasteiger partial charge in [0.1, 0.15) is 10.0 Å². The number of pyridine rings is 1. The van der Waals surface area contributed by atoms with E-state index in [9.17, 15) is 9.59 Å². The summed E-state index contributed by atoms with van der Waals surface area (Å²) in [5.74, 6) is -0.951. The Labute approximate surface area is 134 Å². The maximum Gasteiger partial charge on any atom is 0.350 e. The molecule has 1 amide bonds. The summed E-state index contributed by atoms with van der Waals surface area (Å²) in [4.78, 5) is 31.7. The average molecular weight is 346 g/mol. The van der Waals surface area contributed by atoms with Crippen molar-refractivity contribution < 1.29 is 14.3 Å². The normalized spacial score (nSPS) is 10.3. The van der Waals surface area contributed by atoms with E-state index in [0.717, 1.165) is 11.3 Å². The van der Waals surface area contributed by atoms with Gasteiger partial charge in [-0.1, -0.05) is 34.5 Å². The largest absolute Gasteiger partial charge is 0.465 e. The Morgan fingerprint density at radius 1 is 1.38 bits per heavy atom. The molecule has 0 saturated heterocycles. The molecule has 0 spiro atoms. The van der Waals surface area contributed by atoms with Gasteiger partial charge in [0.25, 0.3) is 5.91 Å². The zero-order valence-corrected chi connectivity index (χ0v) is 13.3. The third-order valence-corrected chi connectivity index (χ3v) is 4.19. The molecule has 9 heteroatoms. The Hall–Kier alpha value is -1.70. The van der Waals surface area contributed by atoms with Crippen LogP contribution in [-0.4, -0.2) is 29.0 Å². The van der Waals surface area contributed by atoms with Gasteiger partial charge in [0.2, 0.25) is 0 Å². The van der Waals surface area contributed by atoms with Gasteiger partial charge in [-0.05, 0) is 13.0 Å². The summed E-state index contributed by atoms with van der Waals surface area (Å²) in [5, 5.41) is 3.14. The number of esters is 1. The molecular formula is C12H9Cl2N3O3S. The van der Waals surface area contributed by atoms with E-state index >= 15 is 0 Å². The minimum Gasteiger partial charge on any atom is -0.465 e. The maximum atomic E-state index is 12.0. The van der Waals surface area contributed by atoms with Crippen LogP contribution in [0.3, 0.4) is 0 Å². The second-order valence-corrected chi connectivity index (χ2v) is 5.64. The molecule has 0 aliphatic rings. The Kier molecular flexibility index (Phi) is 4.76. The summed E-state index contributed by atoms with van der Waals surface area (Å²) in [5.41, 5.74) is 0.714. The Morgan fingerprint density at radius 3 is 2.71 bits per heavy atom. The molecule has 0 radical (unpaired) electrons. The fraction of sp³-hybridized carbons (Fsp3) is 0.167. The summed E-state index contributed by atoms with van der Waals surface area (Å²) < 4.78 is 4.63. The summed E-state index contributed by atoms with van der Waals surface area (Å²) in [6.45, 7) is 1.65. The molecule has 110 valence electrons. The van der Waals surface area contributed by atoms with E-state index in [1.807, 2.05) is 0 Å². The van der Waals surface area contributed by atoms with E-state index in [2.05, 4.69) is 20.0 Å². The highest BCUT2D eigenvalue weighted by Gasteiger charge is 2.18. The van der Waals surface area contributed by atoms with Gasteiger partial charge in [-0.25, -0.2) is 14.8 Å². The fourth-order valence-corrected chi connectivity index (χ4v) is 2.60. The molecule has 2 heterocycles. The van der Waals surface area contributed by atoms with Gasteiger partial charge in [-0.2, -0.15) is 0 Å². The number of nitrogens with one attached hydrogen (secondary N) is 1. The van der Waals surface area contributed by atoms with Gasteiger partial charge in [0.15, 0.2) is 5.13 Å². The molecule has 1 N–H and O–H groups in total. The molecule has 2 rings (SSSR count). The number of anilines is 1. The van der Waals surface area contributed by atoms with Crippen molar-refractivity contribution in [2.45, 2.75) is 6.92 Å². The zero-order valence-electron chi connectivity index (χ0n) is 10.9. The van der Waals surface area contributed by atoms with Crippen LogP contribution in [0.1, 0.15) is 25.7 Å². The highest BCUT2D eigenvalue weighted by atomic mass is 35.5. The van der Waals surface area contributed by atoms with Crippen molar-refractivity contribution in [1.82, 2.24) is 9.97 Å². The number of hydrogen-bond donors (Lipinski definition) is 1. The van der Waals surface area contributed by atoms with E-state index < -0.39 is 11.9 Å². The molecule has 0 saturated carbocycles. The van der Waals surface area contributed by atoms with Gasteiger partial charge in [-0.3, -0.25) is 10.1 Å². The van der Waals surface area contributed by atoms with Gasteiger partial charge >= 0.3 is 5.97 Å². The summed E-state index contributed by atoms with van der Waals surface area (Å²) in [6.07, 6.45) is 1.30. The summed E-state index contributed by atoms with van der Waals surface area (Å²) >= 11 is 12.5. The molecule has 6 nitrogen and oxygen atoms in total. The van der Waals surface area contributed by atoms with Crippen molar-refractivity contribution in [3.63, 3.8) is 0 Å². The van der Waals surface area contributed by atoms with Gasteiger partial charge in [0, 0.05) is 6.20 Å². The van der Waals surface area contributed by atoms with Crippen molar-refractivity contribution in [2.24, 2.45) is 0 Å². The number of aryl methyl sites for hydroxylation is 1. The van der Waals surface area contributed by atoms with Crippen molar-refractivity contribution in [2.75, 3.05) is 12.4 Å². The van der Waals surface area contributed by atoms with Crippen LogP contribution in [0.4, 0.5) is 5.13 Å². The van der Waals surface area contributed by atoms with Crippen LogP contribution in [0, 0.1) is 6.92 Å². The lowest BCUT2D eigenvalue weighted by Gasteiger charge is -2.02. The number of thiazole rings is 1. The van der Waals surface area contributed by atoms with E-state index in [1.54, 1.807) is 6.92 Å². The van der Waals surface area contributed by atoms with E-state index in [4.69, 9.17) is 23.2 Å². The minimum atomic E-state index is -0.498. The van der Waals surface area contributed by atoms with E-state index in [-0.39, 0.29) is 20.9 Å². The number of methoxy groups -OCH3 is 1. The Balaban J connectivity index is 2.19. The van der Waals surface area contributed by atoms with Crippen LogP contribution in [0.15, 0.2) is 12.3 Å². The fourth-order valence-electron chi connectivity index (χ4n) is 1.45. The van der Waals surface area contributed by atoms with Crippen LogP contribution in [0.25, 0.3) is 0 Å². The highest BCUT2D eigenvalue weighted by Crippen LogP contribution is 2.24. The SMILES string of the molecule is COC(=O)c1sc(NC(=O)c2cnc(Cl)c(Cl)c2)nc1C. The molecule has 2 aromatic rings. The summed E-state index contributed by atoms with van der Waals surface area (Å²) in [7, 11) is 1.28. The van der Waals surface area contributed by atoms with E-state index in [1.165, 1.54) is 19.4 Å². The number of aromatic nitrogens is 2. The van der Waals surface area contributed by atoms with Crippen LogP contribution >= 0.6 is 34.5 Å². The second kappa shape index (κ2) is 6.38. The van der Waals surface area contributed by atoms with Crippen LogP contribution in [0.2, 0.25) is 10.2 Å². The lowest BCUT2D eigenvalue weighted by molar-refractivity contribution is 0.0605. The van der Waals surface area contributed by atoms with Crippen LogP contribution in [-0.2, 0) is 4.74 Å². The number of nitrogens with zero attached hydrogens (tertiary/aromatic N) is 2. The first-order chi connectivity index (χ1) is 9.92. The first kappa shape index (κ1) is 15.7. The molecule has 0 atom stereocenters. The van der Waals surface area contributed by atoms with Crippen molar-refractivity contribution in [3.05, 3.63) is 38.6 Å². The molecule has 2 aromatic heterocycles. The van der Waals surface area contributed by atoms with Crippen LogP contribution < -0.4 is 5.32 Å². The molecule has 0 aromatic carbocycles.